The normalized spacial score (nSPS) is 10.7. The van der Waals surface area contributed by atoms with Gasteiger partial charge in [0.1, 0.15) is 11.5 Å². The first-order chi connectivity index (χ1) is 15.7. The Morgan fingerprint density at radius 2 is 1.52 bits per heavy atom. The number of methoxy groups -OCH3 is 2. The summed E-state index contributed by atoms with van der Waals surface area (Å²) in [6.45, 7) is 0. The van der Waals surface area contributed by atoms with Gasteiger partial charge in [-0.1, -0.05) is 0 Å². The maximum Gasteiger partial charge on any atom is 0.323 e. The third-order valence-corrected chi connectivity index (χ3v) is 5.81. The second kappa shape index (κ2) is 9.87. The van der Waals surface area contributed by atoms with Gasteiger partial charge in [0.05, 0.1) is 35.8 Å². The van der Waals surface area contributed by atoms with Crippen LogP contribution in [0.5, 0.6) is 11.5 Å². The van der Waals surface area contributed by atoms with E-state index in [1.165, 1.54) is 56.7 Å². The molecule has 11 nitrogen and oxygen atoms in total. The summed E-state index contributed by atoms with van der Waals surface area (Å²) in [5, 5.41) is 15.9. The Morgan fingerprint density at radius 3 is 2.09 bits per heavy atom. The Hall–Kier alpha value is -4.32. The smallest absolute Gasteiger partial charge is 0.323 e. The quantitative estimate of drug-likeness (QED) is 0.331. The molecular weight excluding hydrogens is 452 g/mol. The van der Waals surface area contributed by atoms with Crippen LogP contribution < -0.4 is 24.8 Å². The van der Waals surface area contributed by atoms with Gasteiger partial charge in [0.25, 0.3) is 15.7 Å². The van der Waals surface area contributed by atoms with Gasteiger partial charge >= 0.3 is 6.03 Å². The first kappa shape index (κ1) is 23.3. The van der Waals surface area contributed by atoms with Crippen LogP contribution in [0.25, 0.3) is 0 Å². The van der Waals surface area contributed by atoms with E-state index in [1.807, 2.05) is 0 Å². The lowest BCUT2D eigenvalue weighted by molar-refractivity contribution is -0.384. The van der Waals surface area contributed by atoms with Crippen LogP contribution in [-0.4, -0.2) is 33.6 Å². The van der Waals surface area contributed by atoms with Crippen LogP contribution >= 0.6 is 0 Å². The molecule has 33 heavy (non-hydrogen) atoms. The van der Waals surface area contributed by atoms with Gasteiger partial charge in [-0.25, -0.2) is 13.2 Å². The number of amides is 2. The van der Waals surface area contributed by atoms with E-state index < -0.39 is 21.0 Å². The van der Waals surface area contributed by atoms with Crippen LogP contribution in [0, 0.1) is 10.1 Å². The molecule has 3 aromatic rings. The van der Waals surface area contributed by atoms with Gasteiger partial charge in [-0.2, -0.15) is 0 Å². The molecule has 0 heterocycles. The van der Waals surface area contributed by atoms with E-state index in [0.29, 0.717) is 17.1 Å². The minimum absolute atomic E-state index is 0.00122. The van der Waals surface area contributed by atoms with Crippen LogP contribution in [0.15, 0.2) is 71.6 Å². The molecule has 0 aliphatic rings. The molecule has 0 saturated heterocycles. The van der Waals surface area contributed by atoms with Gasteiger partial charge in [-0.05, 0) is 54.6 Å². The standard InChI is InChI=1S/C21H20N4O7S/c1-31-17-8-3-15(4-9-17)24-33(29,30)18-10-5-14(6-11-18)22-21(26)23-19-12-7-16(25(27)28)13-20(19)32-2/h3-13,24H,1-2H3,(H2,22,23,26). The Kier molecular flexibility index (Phi) is 6.98. The van der Waals surface area contributed by atoms with Crippen LogP contribution in [0.2, 0.25) is 0 Å². The van der Waals surface area contributed by atoms with Crippen molar-refractivity contribution in [3.05, 3.63) is 76.8 Å². The van der Waals surface area contributed by atoms with Gasteiger partial charge in [-0.3, -0.25) is 14.8 Å². The molecule has 0 saturated carbocycles. The fourth-order valence-electron chi connectivity index (χ4n) is 2.77. The molecule has 172 valence electrons. The number of nitro groups is 1. The average Bonchev–Trinajstić information content (AvgIpc) is 2.79. The van der Waals surface area contributed by atoms with Gasteiger partial charge in [0.15, 0.2) is 0 Å². The van der Waals surface area contributed by atoms with E-state index in [1.54, 1.807) is 24.3 Å². The zero-order valence-corrected chi connectivity index (χ0v) is 18.4. The molecule has 3 aromatic carbocycles. The van der Waals surface area contributed by atoms with E-state index in [2.05, 4.69) is 15.4 Å². The lowest BCUT2D eigenvalue weighted by atomic mass is 10.2. The van der Waals surface area contributed by atoms with E-state index in [-0.39, 0.29) is 22.0 Å². The average molecular weight is 472 g/mol. The summed E-state index contributed by atoms with van der Waals surface area (Å²) < 4.78 is 37.7. The number of hydrogen-bond acceptors (Lipinski definition) is 7. The van der Waals surface area contributed by atoms with Crippen LogP contribution in [-0.2, 0) is 10.0 Å². The van der Waals surface area contributed by atoms with E-state index in [0.717, 1.165) is 0 Å². The molecule has 0 aromatic heterocycles. The number of hydrogen-bond donors (Lipinski definition) is 3. The molecule has 3 rings (SSSR count). The lowest BCUT2D eigenvalue weighted by Crippen LogP contribution is -2.20. The number of nitrogens with one attached hydrogen (secondary N) is 3. The summed E-state index contributed by atoms with van der Waals surface area (Å²) in [7, 11) is -1.01. The maximum absolute atomic E-state index is 12.6. The van der Waals surface area contributed by atoms with Crippen molar-refractivity contribution in [2.45, 2.75) is 4.90 Å². The molecule has 0 atom stereocenters. The molecule has 3 N–H and O–H groups in total. The molecule has 0 aliphatic heterocycles. The summed E-state index contributed by atoms with van der Waals surface area (Å²) in [6.07, 6.45) is 0. The van der Waals surface area contributed by atoms with Crippen molar-refractivity contribution >= 4 is 38.8 Å². The largest absolute Gasteiger partial charge is 0.497 e. The van der Waals surface area contributed by atoms with Crippen LogP contribution in [0.3, 0.4) is 0 Å². The fourth-order valence-corrected chi connectivity index (χ4v) is 3.83. The lowest BCUT2D eigenvalue weighted by Gasteiger charge is -2.12. The number of rotatable bonds is 8. The fraction of sp³-hybridized carbons (Fsp3) is 0.0952. The summed E-state index contributed by atoms with van der Waals surface area (Å²) in [5.41, 5.74) is 0.743. The summed E-state index contributed by atoms with van der Waals surface area (Å²) in [5.74, 6) is 0.711. The van der Waals surface area contributed by atoms with Crippen LogP contribution in [0.4, 0.5) is 27.5 Å². The number of benzene rings is 3. The minimum Gasteiger partial charge on any atom is -0.497 e. The summed E-state index contributed by atoms with van der Waals surface area (Å²) in [6, 6.07) is 15.1. The first-order valence-electron chi connectivity index (χ1n) is 9.39. The molecule has 0 unspecified atom stereocenters. The van der Waals surface area contributed by atoms with Crippen molar-refractivity contribution in [3.8, 4) is 11.5 Å². The number of nitrogens with zero attached hydrogens (tertiary/aromatic N) is 1. The SMILES string of the molecule is COc1ccc(NS(=O)(=O)c2ccc(NC(=O)Nc3ccc([N+](=O)[O-])cc3OC)cc2)cc1. The highest BCUT2D eigenvalue weighted by atomic mass is 32.2. The molecule has 0 spiro atoms. The monoisotopic (exact) mass is 472 g/mol. The molecule has 0 bridgehead atoms. The number of nitro benzene ring substituents is 1. The second-order valence-electron chi connectivity index (χ2n) is 6.58. The van der Waals surface area contributed by atoms with Crippen molar-refractivity contribution in [2.75, 3.05) is 29.6 Å². The molecule has 2 amide bonds. The Labute approximate surface area is 189 Å². The van der Waals surface area contributed by atoms with E-state index >= 15 is 0 Å². The highest BCUT2D eigenvalue weighted by Gasteiger charge is 2.16. The number of anilines is 3. The van der Waals surface area contributed by atoms with Crippen molar-refractivity contribution in [1.82, 2.24) is 0 Å². The van der Waals surface area contributed by atoms with Crippen molar-refractivity contribution < 1.29 is 27.6 Å². The third-order valence-electron chi connectivity index (χ3n) is 4.41. The predicted molar refractivity (Wildman–Crippen MR) is 123 cm³/mol. The van der Waals surface area contributed by atoms with E-state index in [9.17, 15) is 23.3 Å². The molecule has 0 fully saturated rings. The number of carbonyl (C=O) groups excluding carboxylic acids is 1. The van der Waals surface area contributed by atoms with Gasteiger partial charge in [0.2, 0.25) is 0 Å². The zero-order valence-electron chi connectivity index (χ0n) is 17.6. The summed E-state index contributed by atoms with van der Waals surface area (Å²) in [4.78, 5) is 22.6. The number of non-ortho nitro benzene ring substituents is 1. The number of urea groups is 1. The predicted octanol–water partition coefficient (Wildman–Crippen LogP) is 4.06. The van der Waals surface area contributed by atoms with Crippen molar-refractivity contribution in [3.63, 3.8) is 0 Å². The summed E-state index contributed by atoms with van der Waals surface area (Å²) >= 11 is 0. The number of carbonyl (C=O) groups is 1. The highest BCUT2D eigenvalue weighted by Crippen LogP contribution is 2.29. The Morgan fingerprint density at radius 1 is 0.879 bits per heavy atom. The molecule has 0 aliphatic carbocycles. The Bertz CT molecular complexity index is 1260. The van der Waals surface area contributed by atoms with Gasteiger partial charge < -0.3 is 20.1 Å². The first-order valence-corrected chi connectivity index (χ1v) is 10.9. The molecule has 0 radical (unpaired) electrons. The third kappa shape index (κ3) is 5.89. The second-order valence-corrected chi connectivity index (χ2v) is 8.26. The maximum atomic E-state index is 12.6. The van der Waals surface area contributed by atoms with Crippen molar-refractivity contribution in [1.29, 1.82) is 0 Å². The van der Waals surface area contributed by atoms with Gasteiger partial charge in [-0.15, -0.1) is 0 Å². The molecular formula is C21H20N4O7S. The Balaban J connectivity index is 1.66. The topological polar surface area (TPSA) is 149 Å². The number of sulfonamides is 1. The van der Waals surface area contributed by atoms with Crippen LogP contribution in [0.1, 0.15) is 0 Å². The van der Waals surface area contributed by atoms with Gasteiger partial charge in [0, 0.05) is 17.4 Å². The number of ether oxygens (including phenoxy) is 2. The molecule has 12 heteroatoms. The van der Waals surface area contributed by atoms with Crippen molar-refractivity contribution in [2.24, 2.45) is 0 Å². The minimum atomic E-state index is -3.84. The zero-order chi connectivity index (χ0) is 24.0. The van der Waals surface area contributed by atoms with E-state index in [4.69, 9.17) is 9.47 Å². The highest BCUT2D eigenvalue weighted by molar-refractivity contribution is 7.92.